The zero-order chi connectivity index (χ0) is 15.9. The number of para-hydroxylation sites is 1. The van der Waals surface area contributed by atoms with Crippen molar-refractivity contribution in [3.63, 3.8) is 0 Å². The van der Waals surface area contributed by atoms with Crippen LogP contribution in [0.2, 0.25) is 0 Å². The predicted octanol–water partition coefficient (Wildman–Crippen LogP) is 1.31. The van der Waals surface area contributed by atoms with Gasteiger partial charge in [0.25, 0.3) is 11.5 Å². The highest BCUT2D eigenvalue weighted by atomic mass is 16.2. The summed E-state index contributed by atoms with van der Waals surface area (Å²) in [5, 5.41) is 5.17. The summed E-state index contributed by atoms with van der Waals surface area (Å²) in [6.45, 7) is 1.79. The van der Waals surface area contributed by atoms with Gasteiger partial charge in [-0.2, -0.15) is 0 Å². The molecule has 0 unspecified atom stereocenters. The lowest BCUT2D eigenvalue weighted by Gasteiger charge is -2.10. The van der Waals surface area contributed by atoms with Crippen LogP contribution in [-0.2, 0) is 11.2 Å². The number of pyridine rings is 1. The largest absolute Gasteiger partial charge is 0.343 e. The quantitative estimate of drug-likeness (QED) is 0.777. The van der Waals surface area contributed by atoms with Gasteiger partial charge in [0.2, 0.25) is 5.91 Å². The molecule has 0 saturated heterocycles. The third-order valence-corrected chi connectivity index (χ3v) is 3.14. The van der Waals surface area contributed by atoms with E-state index in [-0.39, 0.29) is 18.0 Å². The normalized spacial score (nSPS) is 10.0. The number of amides is 2. The van der Waals surface area contributed by atoms with Crippen molar-refractivity contribution in [1.82, 2.24) is 10.3 Å². The van der Waals surface area contributed by atoms with Crippen molar-refractivity contribution < 1.29 is 9.59 Å². The second kappa shape index (κ2) is 7.21. The highest BCUT2D eigenvalue weighted by Crippen LogP contribution is 2.14. The molecule has 22 heavy (non-hydrogen) atoms. The third kappa shape index (κ3) is 3.82. The standard InChI is InChI=1S/C16H17N3O3/c1-2-11-6-3-4-8-13(11)19-14(20)10-18-16(22)12-7-5-9-17-15(12)21/h3-9H,2,10H2,1H3,(H,17,21)(H,18,22)(H,19,20). The second-order valence-electron chi connectivity index (χ2n) is 4.65. The number of rotatable bonds is 5. The molecule has 6 heteroatoms. The van der Waals surface area contributed by atoms with Crippen molar-refractivity contribution in [2.75, 3.05) is 11.9 Å². The fourth-order valence-corrected chi connectivity index (χ4v) is 2.00. The Labute approximate surface area is 127 Å². The second-order valence-corrected chi connectivity index (χ2v) is 4.65. The van der Waals surface area contributed by atoms with Gasteiger partial charge in [0.1, 0.15) is 5.56 Å². The maximum absolute atomic E-state index is 11.9. The van der Waals surface area contributed by atoms with Gasteiger partial charge < -0.3 is 15.6 Å². The van der Waals surface area contributed by atoms with Crippen molar-refractivity contribution in [2.24, 2.45) is 0 Å². The molecule has 2 rings (SSSR count). The summed E-state index contributed by atoms with van der Waals surface area (Å²) in [5.74, 6) is -0.928. The molecular formula is C16H17N3O3. The average molecular weight is 299 g/mol. The smallest absolute Gasteiger partial charge is 0.260 e. The third-order valence-electron chi connectivity index (χ3n) is 3.14. The van der Waals surface area contributed by atoms with Gasteiger partial charge in [-0.1, -0.05) is 25.1 Å². The molecule has 0 spiro atoms. The molecule has 0 fully saturated rings. The number of carbonyl (C=O) groups is 2. The van der Waals surface area contributed by atoms with Crippen LogP contribution in [0.1, 0.15) is 22.8 Å². The minimum absolute atomic E-state index is 0.0238. The summed E-state index contributed by atoms with van der Waals surface area (Å²) in [5.41, 5.74) is 1.23. The van der Waals surface area contributed by atoms with E-state index in [1.54, 1.807) is 12.1 Å². The summed E-state index contributed by atoms with van der Waals surface area (Å²) in [6, 6.07) is 10.4. The lowest BCUT2D eigenvalue weighted by molar-refractivity contribution is -0.115. The molecule has 1 aromatic carbocycles. The summed E-state index contributed by atoms with van der Waals surface area (Å²) in [7, 11) is 0. The SMILES string of the molecule is CCc1ccccc1NC(=O)CNC(=O)c1ccc[nH]c1=O. The first-order valence-corrected chi connectivity index (χ1v) is 6.95. The van der Waals surface area contributed by atoms with Gasteiger partial charge >= 0.3 is 0 Å². The molecule has 6 nitrogen and oxygen atoms in total. The van der Waals surface area contributed by atoms with Crippen LogP contribution in [0.5, 0.6) is 0 Å². The highest BCUT2D eigenvalue weighted by molar-refractivity contribution is 5.99. The number of aromatic amines is 1. The van der Waals surface area contributed by atoms with E-state index >= 15 is 0 Å². The van der Waals surface area contributed by atoms with E-state index in [0.717, 1.165) is 17.7 Å². The van der Waals surface area contributed by atoms with E-state index in [1.807, 2.05) is 25.1 Å². The lowest BCUT2D eigenvalue weighted by Crippen LogP contribution is -2.35. The Morgan fingerprint density at radius 1 is 1.14 bits per heavy atom. The molecule has 0 bridgehead atoms. The van der Waals surface area contributed by atoms with Gasteiger partial charge in [0.05, 0.1) is 6.54 Å². The number of aromatic nitrogens is 1. The lowest BCUT2D eigenvalue weighted by atomic mass is 10.1. The fourth-order valence-electron chi connectivity index (χ4n) is 2.00. The van der Waals surface area contributed by atoms with E-state index in [1.165, 1.54) is 12.3 Å². The molecule has 1 heterocycles. The molecule has 0 radical (unpaired) electrons. The molecule has 1 aromatic heterocycles. The number of hydrogen-bond acceptors (Lipinski definition) is 3. The number of H-pyrrole nitrogens is 1. The summed E-state index contributed by atoms with van der Waals surface area (Å²) >= 11 is 0. The van der Waals surface area contributed by atoms with Gasteiger partial charge in [-0.05, 0) is 30.2 Å². The van der Waals surface area contributed by atoms with Crippen LogP contribution in [0.4, 0.5) is 5.69 Å². The fraction of sp³-hybridized carbons (Fsp3) is 0.188. The molecular weight excluding hydrogens is 282 g/mol. The Morgan fingerprint density at radius 3 is 2.64 bits per heavy atom. The Kier molecular flexibility index (Phi) is 5.08. The highest BCUT2D eigenvalue weighted by Gasteiger charge is 2.11. The van der Waals surface area contributed by atoms with Gasteiger partial charge in [-0.3, -0.25) is 14.4 Å². The number of anilines is 1. The van der Waals surface area contributed by atoms with Crippen LogP contribution in [0.25, 0.3) is 0 Å². The van der Waals surface area contributed by atoms with Gasteiger partial charge in [-0.25, -0.2) is 0 Å². The number of carbonyl (C=O) groups excluding carboxylic acids is 2. The number of nitrogens with one attached hydrogen (secondary N) is 3. The summed E-state index contributed by atoms with van der Waals surface area (Å²) in [6.07, 6.45) is 2.23. The minimum Gasteiger partial charge on any atom is -0.343 e. The molecule has 3 N–H and O–H groups in total. The number of aryl methyl sites for hydroxylation is 1. The number of benzene rings is 1. The van der Waals surface area contributed by atoms with E-state index < -0.39 is 11.5 Å². The molecule has 0 aliphatic carbocycles. The molecule has 0 aliphatic rings. The molecule has 2 amide bonds. The Hall–Kier alpha value is -2.89. The van der Waals surface area contributed by atoms with Crippen molar-refractivity contribution in [3.05, 3.63) is 64.1 Å². The van der Waals surface area contributed by atoms with Gasteiger partial charge in [0, 0.05) is 11.9 Å². The molecule has 0 aliphatic heterocycles. The first-order valence-electron chi connectivity index (χ1n) is 6.95. The van der Waals surface area contributed by atoms with Crippen molar-refractivity contribution in [3.8, 4) is 0 Å². The first-order chi connectivity index (χ1) is 10.6. The predicted molar refractivity (Wildman–Crippen MR) is 83.8 cm³/mol. The molecule has 0 saturated carbocycles. The molecule has 2 aromatic rings. The van der Waals surface area contributed by atoms with Crippen LogP contribution < -0.4 is 16.2 Å². The van der Waals surface area contributed by atoms with Crippen molar-refractivity contribution in [2.45, 2.75) is 13.3 Å². The van der Waals surface area contributed by atoms with E-state index in [2.05, 4.69) is 15.6 Å². The first kappa shape index (κ1) is 15.5. The van der Waals surface area contributed by atoms with Crippen molar-refractivity contribution >= 4 is 17.5 Å². The Bertz CT molecular complexity index is 737. The Morgan fingerprint density at radius 2 is 1.91 bits per heavy atom. The van der Waals surface area contributed by atoms with Crippen LogP contribution in [0.15, 0.2) is 47.4 Å². The van der Waals surface area contributed by atoms with Crippen LogP contribution in [-0.4, -0.2) is 23.3 Å². The van der Waals surface area contributed by atoms with Crippen LogP contribution in [0, 0.1) is 0 Å². The zero-order valence-corrected chi connectivity index (χ0v) is 12.2. The van der Waals surface area contributed by atoms with E-state index in [9.17, 15) is 14.4 Å². The summed E-state index contributed by atoms with van der Waals surface area (Å²) < 4.78 is 0. The topological polar surface area (TPSA) is 91.1 Å². The summed E-state index contributed by atoms with van der Waals surface area (Å²) in [4.78, 5) is 37.6. The van der Waals surface area contributed by atoms with E-state index in [4.69, 9.17) is 0 Å². The maximum atomic E-state index is 11.9. The zero-order valence-electron chi connectivity index (χ0n) is 12.2. The van der Waals surface area contributed by atoms with Crippen LogP contribution in [0.3, 0.4) is 0 Å². The van der Waals surface area contributed by atoms with E-state index in [0.29, 0.717) is 0 Å². The van der Waals surface area contributed by atoms with Crippen LogP contribution >= 0.6 is 0 Å². The number of hydrogen-bond donors (Lipinski definition) is 3. The maximum Gasteiger partial charge on any atom is 0.260 e. The van der Waals surface area contributed by atoms with Gasteiger partial charge in [-0.15, -0.1) is 0 Å². The minimum atomic E-state index is -0.583. The average Bonchev–Trinajstić information content (AvgIpc) is 2.53. The molecule has 114 valence electrons. The molecule has 0 atom stereocenters. The van der Waals surface area contributed by atoms with Crippen molar-refractivity contribution in [1.29, 1.82) is 0 Å². The Balaban J connectivity index is 1.95. The monoisotopic (exact) mass is 299 g/mol. The van der Waals surface area contributed by atoms with Gasteiger partial charge in [0.15, 0.2) is 0 Å².